The molecule has 1 atom stereocenters. The van der Waals surface area contributed by atoms with Crippen LogP contribution in [0.1, 0.15) is 48.0 Å². The number of likely N-dealkylation sites (tertiary alicyclic amines) is 1. The van der Waals surface area contributed by atoms with Crippen molar-refractivity contribution in [1.82, 2.24) is 4.90 Å². The standard InChI is InChI=1S/C23H24N2O2/c24-16-23(12-1-2-13-23)20-9-7-18(8-10-20)17-3-5-19(6-4-17)22(27)25-14-11-21(26)15-25/h3-10,21,26H,1-2,11-15H2/t21-/m1/s1. The van der Waals surface area contributed by atoms with Gasteiger partial charge in [-0.3, -0.25) is 4.79 Å². The minimum atomic E-state index is -0.400. The first-order chi connectivity index (χ1) is 13.1. The molecule has 2 aliphatic rings. The van der Waals surface area contributed by atoms with E-state index >= 15 is 0 Å². The topological polar surface area (TPSA) is 64.3 Å². The fraction of sp³-hybridized carbons (Fsp3) is 0.391. The minimum Gasteiger partial charge on any atom is -0.391 e. The summed E-state index contributed by atoms with van der Waals surface area (Å²) in [4.78, 5) is 14.2. The van der Waals surface area contributed by atoms with E-state index < -0.39 is 6.10 Å². The van der Waals surface area contributed by atoms with Crippen LogP contribution in [0.5, 0.6) is 0 Å². The number of nitrogens with zero attached hydrogens (tertiary/aromatic N) is 2. The van der Waals surface area contributed by atoms with E-state index in [4.69, 9.17) is 0 Å². The number of carbonyl (C=O) groups excluding carboxylic acids is 1. The Morgan fingerprint density at radius 2 is 1.63 bits per heavy atom. The van der Waals surface area contributed by atoms with Crippen LogP contribution in [-0.2, 0) is 5.41 Å². The first-order valence-corrected chi connectivity index (χ1v) is 9.71. The highest BCUT2D eigenvalue weighted by Crippen LogP contribution is 2.41. The lowest BCUT2D eigenvalue weighted by Crippen LogP contribution is -2.29. The number of hydrogen-bond acceptors (Lipinski definition) is 3. The molecule has 2 aromatic carbocycles. The number of nitriles is 1. The largest absolute Gasteiger partial charge is 0.391 e. The molecule has 27 heavy (non-hydrogen) atoms. The second kappa shape index (κ2) is 7.17. The van der Waals surface area contributed by atoms with E-state index in [9.17, 15) is 15.2 Å². The van der Waals surface area contributed by atoms with Gasteiger partial charge in [0.1, 0.15) is 0 Å². The highest BCUT2D eigenvalue weighted by atomic mass is 16.3. The highest BCUT2D eigenvalue weighted by molar-refractivity contribution is 5.95. The van der Waals surface area contributed by atoms with Crippen LogP contribution in [0, 0.1) is 11.3 Å². The van der Waals surface area contributed by atoms with Crippen molar-refractivity contribution in [3.05, 3.63) is 59.7 Å². The van der Waals surface area contributed by atoms with Crippen LogP contribution < -0.4 is 0 Å². The van der Waals surface area contributed by atoms with E-state index in [0.717, 1.165) is 42.4 Å². The fourth-order valence-corrected chi connectivity index (χ4v) is 4.34. The zero-order chi connectivity index (χ0) is 18.9. The monoisotopic (exact) mass is 360 g/mol. The number of amides is 1. The summed E-state index contributed by atoms with van der Waals surface area (Å²) in [7, 11) is 0. The van der Waals surface area contributed by atoms with E-state index in [1.807, 2.05) is 24.3 Å². The lowest BCUT2D eigenvalue weighted by atomic mass is 9.80. The number of β-amino-alcohol motifs (C(OH)–C–C–N with tert-alkyl or cyclic N) is 1. The molecule has 2 fully saturated rings. The van der Waals surface area contributed by atoms with Gasteiger partial charge in [0, 0.05) is 18.7 Å². The van der Waals surface area contributed by atoms with Gasteiger partial charge in [0.2, 0.25) is 0 Å². The van der Waals surface area contributed by atoms with Gasteiger partial charge in [-0.2, -0.15) is 5.26 Å². The number of aliphatic hydroxyl groups excluding tert-OH is 1. The number of hydrogen-bond donors (Lipinski definition) is 1. The normalized spacial score (nSPS) is 21.2. The molecule has 0 bridgehead atoms. The molecule has 2 aromatic rings. The summed E-state index contributed by atoms with van der Waals surface area (Å²) in [5.41, 5.74) is 3.59. The third kappa shape index (κ3) is 3.36. The van der Waals surface area contributed by atoms with Crippen molar-refractivity contribution < 1.29 is 9.90 Å². The van der Waals surface area contributed by atoms with Crippen LogP contribution in [0.15, 0.2) is 48.5 Å². The maximum Gasteiger partial charge on any atom is 0.253 e. The molecule has 4 rings (SSSR count). The Kier molecular flexibility index (Phi) is 4.72. The number of rotatable bonds is 3. The Balaban J connectivity index is 1.51. The van der Waals surface area contributed by atoms with Crippen molar-refractivity contribution in [2.75, 3.05) is 13.1 Å². The summed E-state index contributed by atoms with van der Waals surface area (Å²) in [6, 6.07) is 18.5. The second-order valence-corrected chi connectivity index (χ2v) is 7.75. The van der Waals surface area contributed by atoms with Gasteiger partial charge in [0.25, 0.3) is 5.91 Å². The molecule has 1 saturated heterocycles. The summed E-state index contributed by atoms with van der Waals surface area (Å²) < 4.78 is 0. The third-order valence-corrected chi connectivity index (χ3v) is 6.02. The molecule has 1 aliphatic heterocycles. The molecule has 1 amide bonds. The van der Waals surface area contributed by atoms with E-state index in [1.54, 1.807) is 4.90 Å². The molecule has 1 N–H and O–H groups in total. The zero-order valence-corrected chi connectivity index (χ0v) is 15.4. The molecular weight excluding hydrogens is 336 g/mol. The minimum absolute atomic E-state index is 0.0226. The SMILES string of the molecule is N#CC1(c2ccc(-c3ccc(C(=O)N4CC[C@@H](O)C4)cc3)cc2)CCCC1. The summed E-state index contributed by atoms with van der Waals surface area (Å²) in [6.45, 7) is 1.03. The predicted molar refractivity (Wildman–Crippen MR) is 104 cm³/mol. The Morgan fingerprint density at radius 3 is 2.15 bits per heavy atom. The van der Waals surface area contributed by atoms with Gasteiger partial charge in [0.05, 0.1) is 17.6 Å². The molecule has 1 heterocycles. The van der Waals surface area contributed by atoms with Crippen molar-refractivity contribution in [3.63, 3.8) is 0 Å². The lowest BCUT2D eigenvalue weighted by Gasteiger charge is -2.21. The summed E-state index contributed by atoms with van der Waals surface area (Å²) in [5, 5.41) is 19.3. The van der Waals surface area contributed by atoms with Crippen molar-refractivity contribution in [3.8, 4) is 17.2 Å². The van der Waals surface area contributed by atoms with E-state index in [0.29, 0.717) is 25.1 Å². The number of carbonyl (C=O) groups is 1. The number of aliphatic hydroxyl groups is 1. The maximum absolute atomic E-state index is 12.5. The first-order valence-electron chi connectivity index (χ1n) is 9.71. The lowest BCUT2D eigenvalue weighted by molar-refractivity contribution is 0.0765. The number of benzene rings is 2. The molecule has 138 valence electrons. The van der Waals surface area contributed by atoms with Gasteiger partial charge in [0.15, 0.2) is 0 Å². The van der Waals surface area contributed by atoms with Gasteiger partial charge >= 0.3 is 0 Å². The van der Waals surface area contributed by atoms with Crippen LogP contribution in [0.25, 0.3) is 11.1 Å². The van der Waals surface area contributed by atoms with Gasteiger partial charge in [-0.15, -0.1) is 0 Å². The third-order valence-electron chi connectivity index (χ3n) is 6.02. The second-order valence-electron chi connectivity index (χ2n) is 7.75. The summed E-state index contributed by atoms with van der Waals surface area (Å²) in [6.07, 6.45) is 4.40. The summed E-state index contributed by atoms with van der Waals surface area (Å²) in [5.74, 6) is -0.0226. The van der Waals surface area contributed by atoms with Crippen molar-refractivity contribution in [2.45, 2.75) is 43.6 Å². The fourth-order valence-electron chi connectivity index (χ4n) is 4.34. The van der Waals surface area contributed by atoms with Crippen LogP contribution in [-0.4, -0.2) is 35.1 Å². The molecule has 0 radical (unpaired) electrons. The van der Waals surface area contributed by atoms with E-state index in [-0.39, 0.29) is 11.3 Å². The van der Waals surface area contributed by atoms with Crippen LogP contribution >= 0.6 is 0 Å². The van der Waals surface area contributed by atoms with E-state index in [2.05, 4.69) is 30.3 Å². The molecule has 0 unspecified atom stereocenters. The maximum atomic E-state index is 12.5. The molecule has 4 nitrogen and oxygen atoms in total. The smallest absolute Gasteiger partial charge is 0.253 e. The Hall–Kier alpha value is -2.64. The average molecular weight is 360 g/mol. The van der Waals surface area contributed by atoms with Crippen LogP contribution in [0.2, 0.25) is 0 Å². The Bertz CT molecular complexity index is 859. The van der Waals surface area contributed by atoms with Crippen molar-refractivity contribution >= 4 is 5.91 Å². The van der Waals surface area contributed by atoms with Crippen LogP contribution in [0.3, 0.4) is 0 Å². The van der Waals surface area contributed by atoms with Crippen molar-refractivity contribution in [2.24, 2.45) is 0 Å². The molecule has 0 aromatic heterocycles. The van der Waals surface area contributed by atoms with Gasteiger partial charge < -0.3 is 10.0 Å². The van der Waals surface area contributed by atoms with Crippen LogP contribution in [0.4, 0.5) is 0 Å². The molecule has 4 heteroatoms. The van der Waals surface area contributed by atoms with Gasteiger partial charge in [-0.25, -0.2) is 0 Å². The first kappa shape index (κ1) is 17.8. The Morgan fingerprint density at radius 1 is 1.04 bits per heavy atom. The average Bonchev–Trinajstić information content (AvgIpc) is 3.37. The predicted octanol–water partition coefficient (Wildman–Crippen LogP) is 3.90. The molecule has 0 spiro atoms. The van der Waals surface area contributed by atoms with Gasteiger partial charge in [-0.1, -0.05) is 49.2 Å². The molecule has 1 saturated carbocycles. The van der Waals surface area contributed by atoms with Crippen molar-refractivity contribution in [1.29, 1.82) is 5.26 Å². The van der Waals surface area contributed by atoms with Gasteiger partial charge in [-0.05, 0) is 48.1 Å². The highest BCUT2D eigenvalue weighted by Gasteiger charge is 2.35. The zero-order valence-electron chi connectivity index (χ0n) is 15.4. The Labute approximate surface area is 160 Å². The summed E-state index contributed by atoms with van der Waals surface area (Å²) >= 11 is 0. The van der Waals surface area contributed by atoms with E-state index in [1.165, 1.54) is 0 Å². The molecular formula is C23H24N2O2. The quantitative estimate of drug-likeness (QED) is 0.903. The molecule has 1 aliphatic carbocycles.